The molecular weight excluding hydrogens is 706 g/mol. The molecule has 6 rings (SSSR count). The second-order valence-electron chi connectivity index (χ2n) is 10.8. The van der Waals surface area contributed by atoms with Crippen LogP contribution in [0.15, 0.2) is 182 Å². The molecule has 0 saturated carbocycles. The molecule has 0 spiro atoms. The molecule has 6 aromatic rings. The van der Waals surface area contributed by atoms with E-state index in [9.17, 15) is 28.8 Å². The number of carbonyl (C=O) groups excluding carboxylic acids is 6. The van der Waals surface area contributed by atoms with Crippen molar-refractivity contribution in [3.63, 3.8) is 0 Å². The third-order valence-corrected chi connectivity index (χ3v) is 7.14. The van der Waals surface area contributed by atoms with Gasteiger partial charge in [-0.3, -0.25) is 0 Å². The summed E-state index contributed by atoms with van der Waals surface area (Å²) in [6.45, 7) is 0. The van der Waals surface area contributed by atoms with Gasteiger partial charge in [0.05, 0.1) is 34.7 Å². The summed E-state index contributed by atoms with van der Waals surface area (Å²) in [7, 11) is 0. The molecule has 0 saturated heterocycles. The third kappa shape index (κ3) is 13.1. The first kappa shape index (κ1) is 40.0. The first-order valence-corrected chi connectivity index (χ1v) is 15.9. The Morgan fingerprint density at radius 3 is 0.462 bits per heavy atom. The Morgan fingerprint density at radius 2 is 0.346 bits per heavy atom. The van der Waals surface area contributed by atoms with Crippen molar-refractivity contribution >= 4 is 54.5 Å². The van der Waals surface area contributed by atoms with E-state index in [0.29, 0.717) is 33.4 Å². The Labute approximate surface area is 316 Å². The van der Waals surface area contributed by atoms with Crippen molar-refractivity contribution in [2.24, 2.45) is 0 Å². The van der Waals surface area contributed by atoms with Gasteiger partial charge in [0.15, 0.2) is 0 Å². The van der Waals surface area contributed by atoms with Crippen LogP contribution in [0.4, 0.5) is 0 Å². The van der Waals surface area contributed by atoms with Gasteiger partial charge in [-0.1, -0.05) is 162 Å². The molecular formula is C45H33GaO6. The Kier molecular flexibility index (Phi) is 16.6. The van der Waals surface area contributed by atoms with E-state index in [1.165, 1.54) is 0 Å². The third-order valence-electron chi connectivity index (χ3n) is 7.14. The molecule has 0 aromatic heterocycles. The van der Waals surface area contributed by atoms with Crippen LogP contribution in [0.3, 0.4) is 0 Å². The minimum Gasteiger partial charge on any atom is -0.318 e. The quantitative estimate of drug-likeness (QED) is 0.0540. The number of hydrogen-bond acceptors (Lipinski definition) is 6. The van der Waals surface area contributed by atoms with Gasteiger partial charge in [0, 0.05) is 0 Å². The van der Waals surface area contributed by atoms with Gasteiger partial charge in [-0.15, -0.1) is 72.8 Å². The molecule has 0 aliphatic rings. The molecule has 0 aliphatic heterocycles. The van der Waals surface area contributed by atoms with Crippen LogP contribution in [0.2, 0.25) is 0 Å². The minimum atomic E-state index is -0.264. The summed E-state index contributed by atoms with van der Waals surface area (Å²) in [6, 6.07) is 52.5. The second kappa shape index (κ2) is 21.6. The summed E-state index contributed by atoms with van der Waals surface area (Å²) >= 11 is 0. The van der Waals surface area contributed by atoms with Gasteiger partial charge in [0.25, 0.3) is 0 Å². The van der Waals surface area contributed by atoms with Gasteiger partial charge in [0.2, 0.25) is 0 Å². The monoisotopic (exact) mass is 738 g/mol. The number of Topliss-reactive ketones (excluding diaryl/α,β-unsaturated/α-hetero) is 6. The van der Waals surface area contributed by atoms with E-state index in [2.05, 4.69) is 0 Å². The average molecular weight is 739 g/mol. The number of carbonyl (C=O) groups is 6. The first-order chi connectivity index (χ1) is 24.8. The van der Waals surface area contributed by atoms with Gasteiger partial charge >= 0.3 is 19.8 Å². The maximum Gasteiger partial charge on any atom is 3.00 e. The van der Waals surface area contributed by atoms with Crippen molar-refractivity contribution in [1.29, 1.82) is 0 Å². The standard InChI is InChI=1S/3C15H11O2.Ga/c3*16-14(12-7-3-1-4-8-12)11-15(17)13-9-5-2-6-10-13;/h3*1-11H;/q3*-1;+3. The zero-order chi connectivity index (χ0) is 36.3. The van der Waals surface area contributed by atoms with E-state index in [0.717, 1.165) is 19.3 Å². The summed E-state index contributed by atoms with van der Waals surface area (Å²) in [5.74, 6) is -1.59. The molecule has 0 N–H and O–H groups in total. The number of ketones is 6. The topological polar surface area (TPSA) is 102 Å². The first-order valence-electron chi connectivity index (χ1n) is 15.9. The van der Waals surface area contributed by atoms with Crippen molar-refractivity contribution < 1.29 is 28.8 Å². The summed E-state index contributed by atoms with van der Waals surface area (Å²) in [5, 5.41) is 0. The molecule has 6 nitrogen and oxygen atoms in total. The zero-order valence-corrected chi connectivity index (χ0v) is 30.5. The second-order valence-corrected chi connectivity index (χ2v) is 10.8. The van der Waals surface area contributed by atoms with Crippen molar-refractivity contribution in [3.05, 3.63) is 235 Å². The van der Waals surface area contributed by atoms with Crippen LogP contribution in [0.25, 0.3) is 0 Å². The van der Waals surface area contributed by atoms with Crippen molar-refractivity contribution in [2.45, 2.75) is 0 Å². The van der Waals surface area contributed by atoms with Crippen molar-refractivity contribution in [1.82, 2.24) is 0 Å². The van der Waals surface area contributed by atoms with Gasteiger partial charge in [-0.2, -0.15) is 0 Å². The van der Waals surface area contributed by atoms with Crippen LogP contribution in [-0.4, -0.2) is 54.5 Å². The SMILES string of the molecule is O=C([CH-]C(=O)c1ccccc1)c1ccccc1.O=C([CH-]C(=O)c1ccccc1)c1ccccc1.O=C([CH-]C(=O)c1ccccc1)c1ccccc1.[Ga+3]. The molecule has 252 valence electrons. The van der Waals surface area contributed by atoms with Gasteiger partial charge < -0.3 is 28.8 Å². The molecule has 0 radical (unpaired) electrons. The van der Waals surface area contributed by atoms with Crippen molar-refractivity contribution in [3.8, 4) is 0 Å². The number of rotatable bonds is 12. The summed E-state index contributed by atoms with van der Waals surface area (Å²) in [6.07, 6.45) is 3.39. The predicted octanol–water partition coefficient (Wildman–Crippen LogP) is 8.49. The van der Waals surface area contributed by atoms with Crippen LogP contribution < -0.4 is 0 Å². The van der Waals surface area contributed by atoms with Crippen LogP contribution in [0.5, 0.6) is 0 Å². The predicted molar refractivity (Wildman–Crippen MR) is 203 cm³/mol. The Hall–Kier alpha value is -6.41. The molecule has 0 atom stereocenters. The smallest absolute Gasteiger partial charge is 0.318 e. The summed E-state index contributed by atoms with van der Waals surface area (Å²) < 4.78 is 0. The normalized spacial score (nSPS) is 9.46. The molecule has 0 unspecified atom stereocenters. The van der Waals surface area contributed by atoms with Crippen LogP contribution in [-0.2, 0) is 0 Å². The zero-order valence-electron chi connectivity index (χ0n) is 28.1. The molecule has 52 heavy (non-hydrogen) atoms. The number of benzene rings is 6. The fraction of sp³-hybridized carbons (Fsp3) is 0. The van der Waals surface area contributed by atoms with Gasteiger partial charge in [0.1, 0.15) is 0 Å². The number of hydrogen-bond donors (Lipinski definition) is 0. The molecule has 0 bridgehead atoms. The molecule has 0 heterocycles. The van der Waals surface area contributed by atoms with Crippen LogP contribution in [0, 0.1) is 19.3 Å². The van der Waals surface area contributed by atoms with Gasteiger partial charge in [-0.25, -0.2) is 0 Å². The largest absolute Gasteiger partial charge is 3.00 e. The van der Waals surface area contributed by atoms with E-state index in [1.807, 2.05) is 36.4 Å². The molecule has 0 amide bonds. The maximum atomic E-state index is 11.8. The van der Waals surface area contributed by atoms with Crippen molar-refractivity contribution in [2.75, 3.05) is 0 Å². The van der Waals surface area contributed by atoms with E-state index in [1.54, 1.807) is 146 Å². The molecule has 6 aromatic carbocycles. The Morgan fingerprint density at radius 1 is 0.231 bits per heavy atom. The van der Waals surface area contributed by atoms with E-state index < -0.39 is 0 Å². The van der Waals surface area contributed by atoms with Crippen LogP contribution in [0.1, 0.15) is 62.1 Å². The molecule has 0 aliphatic carbocycles. The Balaban J connectivity index is 0.000000208. The van der Waals surface area contributed by atoms with Gasteiger partial charge in [-0.05, 0) is 0 Å². The average Bonchev–Trinajstić information content (AvgIpc) is 3.20. The minimum absolute atomic E-state index is 0. The maximum absolute atomic E-state index is 11.8. The van der Waals surface area contributed by atoms with E-state index in [-0.39, 0.29) is 54.5 Å². The van der Waals surface area contributed by atoms with Crippen LogP contribution >= 0.6 is 0 Å². The Bertz CT molecular complexity index is 1640. The molecule has 7 heteroatoms. The summed E-state index contributed by atoms with van der Waals surface area (Å²) in [4.78, 5) is 70.5. The van der Waals surface area contributed by atoms with E-state index in [4.69, 9.17) is 0 Å². The fourth-order valence-electron chi connectivity index (χ4n) is 4.47. The molecule has 0 fully saturated rings. The van der Waals surface area contributed by atoms with E-state index >= 15 is 0 Å². The summed E-state index contributed by atoms with van der Waals surface area (Å²) in [5.41, 5.74) is 3.15. The fourth-order valence-corrected chi connectivity index (χ4v) is 4.47.